The van der Waals surface area contributed by atoms with E-state index in [-0.39, 0.29) is 11.5 Å². The molecule has 0 amide bonds. The van der Waals surface area contributed by atoms with E-state index < -0.39 is 0 Å². The molecule has 19 heavy (non-hydrogen) atoms. The summed E-state index contributed by atoms with van der Waals surface area (Å²) in [6, 6.07) is 1.45. The fourth-order valence-electron chi connectivity index (χ4n) is 3.82. The molecule has 3 unspecified atom stereocenters. The standard InChI is InChI=1S/C16H35N3/c1-7-14(17)15(16(3,4)5)18(6)12-13-10-9-11-19(13)8-2/h13-15H,7-12,17H2,1-6H3. The van der Waals surface area contributed by atoms with E-state index in [1.54, 1.807) is 0 Å². The molecule has 3 nitrogen and oxygen atoms in total. The third kappa shape index (κ3) is 4.44. The summed E-state index contributed by atoms with van der Waals surface area (Å²) in [6.45, 7) is 15.0. The number of nitrogens with zero attached hydrogens (tertiary/aromatic N) is 2. The van der Waals surface area contributed by atoms with Crippen molar-refractivity contribution in [3.8, 4) is 0 Å². The number of rotatable bonds is 6. The van der Waals surface area contributed by atoms with Crippen LogP contribution in [0.5, 0.6) is 0 Å². The number of hydrogen-bond donors (Lipinski definition) is 1. The third-order valence-electron chi connectivity index (χ3n) is 4.64. The molecule has 1 saturated heterocycles. The smallest absolute Gasteiger partial charge is 0.0293 e. The van der Waals surface area contributed by atoms with Crippen molar-refractivity contribution in [1.82, 2.24) is 9.80 Å². The van der Waals surface area contributed by atoms with Crippen LogP contribution >= 0.6 is 0 Å². The van der Waals surface area contributed by atoms with Gasteiger partial charge in [0.15, 0.2) is 0 Å². The van der Waals surface area contributed by atoms with Crippen molar-refractivity contribution >= 4 is 0 Å². The largest absolute Gasteiger partial charge is 0.326 e. The normalized spacial score (nSPS) is 24.9. The van der Waals surface area contributed by atoms with E-state index in [1.807, 2.05) is 0 Å². The van der Waals surface area contributed by atoms with Crippen molar-refractivity contribution in [3.05, 3.63) is 0 Å². The Bertz CT molecular complexity index is 259. The topological polar surface area (TPSA) is 32.5 Å². The molecule has 1 heterocycles. The lowest BCUT2D eigenvalue weighted by Crippen LogP contribution is -2.55. The fourth-order valence-corrected chi connectivity index (χ4v) is 3.82. The van der Waals surface area contributed by atoms with Gasteiger partial charge in [0.1, 0.15) is 0 Å². The third-order valence-corrected chi connectivity index (χ3v) is 4.64. The maximum Gasteiger partial charge on any atom is 0.0293 e. The van der Waals surface area contributed by atoms with Crippen molar-refractivity contribution in [2.75, 3.05) is 26.7 Å². The maximum absolute atomic E-state index is 6.39. The van der Waals surface area contributed by atoms with Crippen LogP contribution in [-0.4, -0.2) is 54.6 Å². The number of hydrogen-bond acceptors (Lipinski definition) is 3. The molecule has 1 aliphatic heterocycles. The van der Waals surface area contributed by atoms with Crippen LogP contribution in [0.1, 0.15) is 53.9 Å². The van der Waals surface area contributed by atoms with Gasteiger partial charge in [-0.1, -0.05) is 34.6 Å². The average Bonchev–Trinajstić information content (AvgIpc) is 2.74. The van der Waals surface area contributed by atoms with Crippen molar-refractivity contribution in [2.45, 2.75) is 72.0 Å². The summed E-state index contributed by atoms with van der Waals surface area (Å²) in [5, 5.41) is 0. The van der Waals surface area contributed by atoms with Crippen LogP contribution in [-0.2, 0) is 0 Å². The second-order valence-corrected chi connectivity index (χ2v) is 7.25. The first kappa shape index (κ1) is 16.9. The van der Waals surface area contributed by atoms with Gasteiger partial charge in [-0.2, -0.15) is 0 Å². The van der Waals surface area contributed by atoms with Crippen LogP contribution in [0.15, 0.2) is 0 Å². The zero-order valence-electron chi connectivity index (χ0n) is 13.9. The second kappa shape index (κ2) is 7.05. The van der Waals surface area contributed by atoms with E-state index in [9.17, 15) is 0 Å². The van der Waals surface area contributed by atoms with Gasteiger partial charge in [-0.25, -0.2) is 0 Å². The molecule has 2 N–H and O–H groups in total. The van der Waals surface area contributed by atoms with E-state index in [4.69, 9.17) is 5.73 Å². The van der Waals surface area contributed by atoms with Gasteiger partial charge in [-0.15, -0.1) is 0 Å². The molecule has 0 radical (unpaired) electrons. The molecule has 0 aromatic heterocycles. The summed E-state index contributed by atoms with van der Waals surface area (Å²) in [5.74, 6) is 0. The zero-order chi connectivity index (χ0) is 14.6. The van der Waals surface area contributed by atoms with Gasteiger partial charge in [0, 0.05) is 24.7 Å². The van der Waals surface area contributed by atoms with Crippen LogP contribution in [0.4, 0.5) is 0 Å². The molecule has 0 bridgehead atoms. The van der Waals surface area contributed by atoms with Crippen LogP contribution in [0.3, 0.4) is 0 Å². The Kier molecular flexibility index (Phi) is 6.28. The Morgan fingerprint density at radius 2 is 1.95 bits per heavy atom. The second-order valence-electron chi connectivity index (χ2n) is 7.25. The lowest BCUT2D eigenvalue weighted by atomic mass is 9.80. The highest BCUT2D eigenvalue weighted by Crippen LogP contribution is 2.28. The predicted molar refractivity (Wildman–Crippen MR) is 84.4 cm³/mol. The Balaban J connectivity index is 2.69. The molecular weight excluding hydrogens is 234 g/mol. The summed E-state index contributed by atoms with van der Waals surface area (Å²) in [6.07, 6.45) is 3.75. The quantitative estimate of drug-likeness (QED) is 0.804. The molecule has 3 atom stereocenters. The molecule has 0 aromatic rings. The minimum atomic E-state index is 0.236. The summed E-state index contributed by atoms with van der Waals surface area (Å²) in [5.41, 5.74) is 6.63. The molecule has 0 aromatic carbocycles. The molecule has 114 valence electrons. The van der Waals surface area contributed by atoms with Gasteiger partial charge in [0.2, 0.25) is 0 Å². The summed E-state index contributed by atoms with van der Waals surface area (Å²) in [4.78, 5) is 5.14. The lowest BCUT2D eigenvalue weighted by Gasteiger charge is -2.43. The lowest BCUT2D eigenvalue weighted by molar-refractivity contribution is 0.0758. The first-order valence-corrected chi connectivity index (χ1v) is 8.01. The minimum Gasteiger partial charge on any atom is -0.326 e. The Hall–Kier alpha value is -0.120. The van der Waals surface area contributed by atoms with E-state index in [0.717, 1.165) is 19.0 Å². The Morgan fingerprint density at radius 3 is 2.42 bits per heavy atom. The summed E-state index contributed by atoms with van der Waals surface area (Å²) < 4.78 is 0. The van der Waals surface area contributed by atoms with E-state index in [2.05, 4.69) is 51.5 Å². The maximum atomic E-state index is 6.39. The molecule has 3 heteroatoms. The predicted octanol–water partition coefficient (Wildman–Crippen LogP) is 2.55. The molecule has 0 spiro atoms. The Morgan fingerprint density at radius 1 is 1.32 bits per heavy atom. The van der Waals surface area contributed by atoms with E-state index >= 15 is 0 Å². The zero-order valence-corrected chi connectivity index (χ0v) is 13.9. The number of nitrogens with two attached hydrogens (primary N) is 1. The van der Waals surface area contributed by atoms with Crippen LogP contribution in [0.2, 0.25) is 0 Å². The van der Waals surface area contributed by atoms with Gasteiger partial charge >= 0.3 is 0 Å². The molecule has 0 aliphatic carbocycles. The van der Waals surface area contributed by atoms with Gasteiger partial charge in [0.25, 0.3) is 0 Å². The van der Waals surface area contributed by atoms with Gasteiger partial charge in [0.05, 0.1) is 0 Å². The summed E-state index contributed by atoms with van der Waals surface area (Å²) >= 11 is 0. The van der Waals surface area contributed by atoms with E-state index in [0.29, 0.717) is 6.04 Å². The van der Waals surface area contributed by atoms with Crippen molar-refractivity contribution in [3.63, 3.8) is 0 Å². The van der Waals surface area contributed by atoms with Crippen molar-refractivity contribution < 1.29 is 0 Å². The first-order chi connectivity index (χ1) is 8.81. The molecule has 0 saturated carbocycles. The van der Waals surface area contributed by atoms with Gasteiger partial charge in [-0.05, 0) is 44.8 Å². The number of likely N-dealkylation sites (N-methyl/N-ethyl adjacent to an activating group) is 2. The molecular formula is C16H35N3. The van der Waals surface area contributed by atoms with Gasteiger partial charge < -0.3 is 5.73 Å². The highest BCUT2D eigenvalue weighted by molar-refractivity contribution is 4.92. The minimum absolute atomic E-state index is 0.236. The molecule has 1 rings (SSSR count). The molecule has 1 aliphatic rings. The Labute approximate surface area is 120 Å². The van der Waals surface area contributed by atoms with Gasteiger partial charge in [-0.3, -0.25) is 9.80 Å². The molecule has 1 fully saturated rings. The first-order valence-electron chi connectivity index (χ1n) is 8.01. The van der Waals surface area contributed by atoms with Crippen molar-refractivity contribution in [1.29, 1.82) is 0 Å². The van der Waals surface area contributed by atoms with Crippen LogP contribution in [0.25, 0.3) is 0 Å². The monoisotopic (exact) mass is 269 g/mol. The fraction of sp³-hybridized carbons (Fsp3) is 1.00. The van der Waals surface area contributed by atoms with Crippen molar-refractivity contribution in [2.24, 2.45) is 11.1 Å². The number of likely N-dealkylation sites (tertiary alicyclic amines) is 1. The van der Waals surface area contributed by atoms with Crippen LogP contribution < -0.4 is 5.73 Å². The van der Waals surface area contributed by atoms with Crippen LogP contribution in [0, 0.1) is 5.41 Å². The SMILES string of the molecule is CCC(N)C(N(C)CC1CCCN1CC)C(C)(C)C. The average molecular weight is 269 g/mol. The highest BCUT2D eigenvalue weighted by atomic mass is 15.2. The highest BCUT2D eigenvalue weighted by Gasteiger charge is 2.35. The van der Waals surface area contributed by atoms with E-state index in [1.165, 1.54) is 25.9 Å². The summed E-state index contributed by atoms with van der Waals surface area (Å²) in [7, 11) is 2.26.